The average molecular weight is 339 g/mol. The van der Waals surface area contributed by atoms with Crippen molar-refractivity contribution in [1.29, 1.82) is 0 Å². The molecule has 1 aromatic carbocycles. The lowest BCUT2D eigenvalue weighted by atomic mass is 9.87. The van der Waals surface area contributed by atoms with Crippen LogP contribution < -0.4 is 10.2 Å². The van der Waals surface area contributed by atoms with Gasteiger partial charge in [0.05, 0.1) is 25.1 Å². The molecule has 0 unspecified atom stereocenters. The van der Waals surface area contributed by atoms with Crippen molar-refractivity contribution in [3.8, 4) is 0 Å². The van der Waals surface area contributed by atoms with Gasteiger partial charge in [-0.3, -0.25) is 4.79 Å². The first-order valence-electron chi connectivity index (χ1n) is 8.64. The van der Waals surface area contributed by atoms with Crippen molar-refractivity contribution in [2.45, 2.75) is 26.2 Å². The average Bonchev–Trinajstić information content (AvgIpc) is 2.62. The number of rotatable bonds is 3. The Morgan fingerprint density at radius 2 is 1.76 bits per heavy atom. The summed E-state index contributed by atoms with van der Waals surface area (Å²) in [5.41, 5.74) is 3.54. The molecule has 2 aromatic rings. The van der Waals surface area contributed by atoms with E-state index in [0.29, 0.717) is 5.69 Å². The van der Waals surface area contributed by atoms with Gasteiger partial charge in [-0.15, -0.1) is 0 Å². The minimum atomic E-state index is -0.197. The molecule has 1 aliphatic rings. The highest BCUT2D eigenvalue weighted by Crippen LogP contribution is 2.23. The predicted molar refractivity (Wildman–Crippen MR) is 100 cm³/mol. The van der Waals surface area contributed by atoms with Crippen LogP contribution in [0.3, 0.4) is 0 Å². The molecule has 0 atom stereocenters. The van der Waals surface area contributed by atoms with Crippen LogP contribution in [0.25, 0.3) is 0 Å². The Balaban J connectivity index is 1.64. The zero-order valence-electron chi connectivity index (χ0n) is 15.1. The fourth-order valence-electron chi connectivity index (χ4n) is 2.78. The summed E-state index contributed by atoms with van der Waals surface area (Å²) in [6, 6.07) is 11.7. The van der Waals surface area contributed by atoms with E-state index in [4.69, 9.17) is 4.74 Å². The van der Waals surface area contributed by atoms with Gasteiger partial charge in [-0.1, -0.05) is 32.9 Å². The number of hydrogen-bond acceptors (Lipinski definition) is 4. The van der Waals surface area contributed by atoms with Gasteiger partial charge >= 0.3 is 0 Å². The third-order valence-corrected chi connectivity index (χ3v) is 4.37. The zero-order valence-corrected chi connectivity index (χ0v) is 15.1. The predicted octanol–water partition coefficient (Wildman–Crippen LogP) is 3.47. The van der Waals surface area contributed by atoms with E-state index in [2.05, 4.69) is 36.0 Å². The van der Waals surface area contributed by atoms with Crippen molar-refractivity contribution in [2.24, 2.45) is 0 Å². The van der Waals surface area contributed by atoms with E-state index in [0.717, 1.165) is 37.7 Å². The molecule has 132 valence electrons. The molecule has 1 saturated heterocycles. The third kappa shape index (κ3) is 4.37. The number of nitrogens with zero attached hydrogens (tertiary/aromatic N) is 2. The van der Waals surface area contributed by atoms with E-state index in [1.165, 1.54) is 5.56 Å². The summed E-state index contributed by atoms with van der Waals surface area (Å²) in [7, 11) is 0. The van der Waals surface area contributed by atoms with E-state index in [9.17, 15) is 4.79 Å². The molecule has 1 aliphatic heterocycles. The molecular weight excluding hydrogens is 314 g/mol. The topological polar surface area (TPSA) is 54.5 Å². The standard InChI is InChI=1S/C20H25N3O2/c1-20(2,3)15-4-6-16(7-5-15)22-19(24)18-9-8-17(14-21-18)23-10-12-25-13-11-23/h4-9,14H,10-13H2,1-3H3,(H,22,24). The number of ether oxygens (including phenoxy) is 1. The molecule has 1 fully saturated rings. The molecule has 1 amide bonds. The van der Waals surface area contributed by atoms with Gasteiger partial charge in [-0.2, -0.15) is 0 Å². The molecule has 5 nitrogen and oxygen atoms in total. The molecule has 25 heavy (non-hydrogen) atoms. The number of hydrogen-bond donors (Lipinski definition) is 1. The number of carbonyl (C=O) groups excluding carboxylic acids is 1. The summed E-state index contributed by atoms with van der Waals surface area (Å²) in [4.78, 5) is 18.9. The molecule has 0 saturated carbocycles. The molecule has 1 aromatic heterocycles. The van der Waals surface area contributed by atoms with Gasteiger partial charge in [0.1, 0.15) is 5.69 Å². The van der Waals surface area contributed by atoms with Crippen molar-refractivity contribution in [3.63, 3.8) is 0 Å². The molecule has 5 heteroatoms. The van der Waals surface area contributed by atoms with E-state index >= 15 is 0 Å². The SMILES string of the molecule is CC(C)(C)c1ccc(NC(=O)c2ccc(N3CCOCC3)cn2)cc1. The van der Waals surface area contributed by atoms with Gasteiger partial charge in [-0.05, 0) is 35.2 Å². The quantitative estimate of drug-likeness (QED) is 0.930. The fourth-order valence-corrected chi connectivity index (χ4v) is 2.78. The second-order valence-electron chi connectivity index (χ2n) is 7.28. The molecule has 0 bridgehead atoms. The Labute approximate surface area is 149 Å². The summed E-state index contributed by atoms with van der Waals surface area (Å²) in [6.45, 7) is 9.67. The van der Waals surface area contributed by atoms with E-state index in [1.54, 1.807) is 12.3 Å². The monoisotopic (exact) mass is 339 g/mol. The van der Waals surface area contributed by atoms with Crippen LogP contribution in [-0.2, 0) is 10.2 Å². The first-order chi connectivity index (χ1) is 11.9. The second-order valence-corrected chi connectivity index (χ2v) is 7.28. The minimum absolute atomic E-state index is 0.0966. The first-order valence-corrected chi connectivity index (χ1v) is 8.64. The van der Waals surface area contributed by atoms with Crippen molar-refractivity contribution < 1.29 is 9.53 Å². The van der Waals surface area contributed by atoms with Gasteiger partial charge in [-0.25, -0.2) is 4.98 Å². The molecule has 0 spiro atoms. The molecule has 3 rings (SSSR count). The van der Waals surface area contributed by atoms with Crippen LogP contribution in [0.2, 0.25) is 0 Å². The van der Waals surface area contributed by atoms with E-state index < -0.39 is 0 Å². The number of carbonyl (C=O) groups is 1. The number of aromatic nitrogens is 1. The van der Waals surface area contributed by atoms with Crippen LogP contribution in [-0.4, -0.2) is 37.2 Å². The van der Waals surface area contributed by atoms with Crippen LogP contribution in [0.4, 0.5) is 11.4 Å². The number of benzene rings is 1. The maximum absolute atomic E-state index is 12.4. The maximum atomic E-state index is 12.4. The Morgan fingerprint density at radius 1 is 1.08 bits per heavy atom. The van der Waals surface area contributed by atoms with Gasteiger partial charge in [0, 0.05) is 18.8 Å². The number of pyridine rings is 1. The number of morpholine rings is 1. The summed E-state index contributed by atoms with van der Waals surface area (Å²) >= 11 is 0. The second kappa shape index (κ2) is 7.23. The Kier molecular flexibility index (Phi) is 5.04. The molecule has 0 radical (unpaired) electrons. The van der Waals surface area contributed by atoms with Crippen LogP contribution in [0, 0.1) is 0 Å². The molecule has 0 aliphatic carbocycles. The van der Waals surface area contributed by atoms with Crippen molar-refractivity contribution in [2.75, 3.05) is 36.5 Å². The lowest BCUT2D eigenvalue weighted by Crippen LogP contribution is -2.36. The minimum Gasteiger partial charge on any atom is -0.378 e. The van der Waals surface area contributed by atoms with Crippen LogP contribution in [0.5, 0.6) is 0 Å². The smallest absolute Gasteiger partial charge is 0.274 e. The Morgan fingerprint density at radius 3 is 2.32 bits per heavy atom. The highest BCUT2D eigenvalue weighted by Gasteiger charge is 2.15. The molecule has 2 heterocycles. The first kappa shape index (κ1) is 17.4. The van der Waals surface area contributed by atoms with Gasteiger partial charge in [0.15, 0.2) is 0 Å². The lowest BCUT2D eigenvalue weighted by Gasteiger charge is -2.28. The van der Waals surface area contributed by atoms with Crippen molar-refractivity contribution >= 4 is 17.3 Å². The van der Waals surface area contributed by atoms with Crippen LogP contribution in [0.1, 0.15) is 36.8 Å². The highest BCUT2D eigenvalue weighted by atomic mass is 16.5. The van der Waals surface area contributed by atoms with Gasteiger partial charge < -0.3 is 15.0 Å². The van der Waals surface area contributed by atoms with Crippen molar-refractivity contribution in [3.05, 3.63) is 53.9 Å². The number of nitrogens with one attached hydrogen (secondary N) is 1. The molecular formula is C20H25N3O2. The lowest BCUT2D eigenvalue weighted by molar-refractivity contribution is 0.102. The van der Waals surface area contributed by atoms with Crippen molar-refractivity contribution in [1.82, 2.24) is 4.98 Å². The maximum Gasteiger partial charge on any atom is 0.274 e. The van der Waals surface area contributed by atoms with E-state index in [-0.39, 0.29) is 11.3 Å². The summed E-state index contributed by atoms with van der Waals surface area (Å²) in [5, 5.41) is 2.90. The summed E-state index contributed by atoms with van der Waals surface area (Å²) in [5.74, 6) is -0.197. The van der Waals surface area contributed by atoms with Gasteiger partial charge in [0.2, 0.25) is 0 Å². The van der Waals surface area contributed by atoms with E-state index in [1.807, 2.05) is 30.3 Å². The summed E-state index contributed by atoms with van der Waals surface area (Å²) < 4.78 is 5.35. The zero-order chi connectivity index (χ0) is 17.9. The largest absolute Gasteiger partial charge is 0.378 e. The number of amides is 1. The molecule has 1 N–H and O–H groups in total. The Hall–Kier alpha value is -2.40. The fraction of sp³-hybridized carbons (Fsp3) is 0.400. The van der Waals surface area contributed by atoms with Crippen LogP contribution >= 0.6 is 0 Å². The Bertz CT molecular complexity index is 712. The number of anilines is 2. The third-order valence-electron chi connectivity index (χ3n) is 4.37. The van der Waals surface area contributed by atoms with Crippen LogP contribution in [0.15, 0.2) is 42.6 Å². The normalized spacial score (nSPS) is 15.1. The highest BCUT2D eigenvalue weighted by molar-refractivity contribution is 6.02. The summed E-state index contributed by atoms with van der Waals surface area (Å²) in [6.07, 6.45) is 1.75. The van der Waals surface area contributed by atoms with Gasteiger partial charge in [0.25, 0.3) is 5.91 Å².